The van der Waals surface area contributed by atoms with Crippen LogP contribution in [0.2, 0.25) is 0 Å². The lowest BCUT2D eigenvalue weighted by molar-refractivity contribution is -0.270. The van der Waals surface area contributed by atoms with Crippen molar-refractivity contribution >= 4 is 17.9 Å². The van der Waals surface area contributed by atoms with Gasteiger partial charge in [0, 0.05) is 31.4 Å². The summed E-state index contributed by atoms with van der Waals surface area (Å²) in [6.07, 6.45) is 8.06. The fourth-order valence-corrected chi connectivity index (χ4v) is 9.55. The maximum Gasteiger partial charge on any atom is 0.334 e. The number of carbonyl (C=O) groups is 3. The molecule has 0 aromatic heterocycles. The van der Waals surface area contributed by atoms with Crippen molar-refractivity contribution in [1.29, 1.82) is 0 Å². The molecule has 7 heteroatoms. The van der Waals surface area contributed by atoms with E-state index in [9.17, 15) is 14.4 Å². The monoisotopic (exact) mass is 502 g/mol. The minimum atomic E-state index is -1.09. The standard InChI is InChI=1S/C29H42O7/c1-16(30)33-25-18-8-9-23-28(5,13-10-22-27(3,4)11-7-12-29(22,23)6)20(18)15-21(35-25)19-14-24(32)36-26(19)34-17(2)31/h14,18,20-23,25-26H,7-13,15H2,1-6H3/t18-,20+,21+,22?,23?,25-,26+,28-,29-/m0/s1. The number of carbonyl (C=O) groups excluding carboxylic acids is 3. The fraction of sp³-hybridized carbons (Fsp3) is 0.828. The molecule has 5 aliphatic rings. The molecule has 2 unspecified atom stereocenters. The van der Waals surface area contributed by atoms with Crippen LogP contribution in [0.4, 0.5) is 0 Å². The zero-order chi connectivity index (χ0) is 26.0. The number of hydrogen-bond donors (Lipinski definition) is 0. The molecule has 2 heterocycles. The summed E-state index contributed by atoms with van der Waals surface area (Å²) in [7, 11) is 0. The molecule has 200 valence electrons. The molecular formula is C29H42O7. The number of fused-ring (bicyclic) bond motifs is 5. The predicted molar refractivity (Wildman–Crippen MR) is 131 cm³/mol. The first-order valence-electron chi connectivity index (χ1n) is 13.8. The van der Waals surface area contributed by atoms with Crippen LogP contribution < -0.4 is 0 Å². The normalized spacial score (nSPS) is 45.3. The van der Waals surface area contributed by atoms with Gasteiger partial charge in [-0.2, -0.15) is 0 Å². The van der Waals surface area contributed by atoms with Gasteiger partial charge in [-0.3, -0.25) is 9.59 Å². The van der Waals surface area contributed by atoms with Crippen LogP contribution in [0.25, 0.3) is 0 Å². The molecule has 0 radical (unpaired) electrons. The van der Waals surface area contributed by atoms with E-state index in [0.717, 1.165) is 19.3 Å². The zero-order valence-electron chi connectivity index (χ0n) is 22.6. The Morgan fingerprint density at radius 1 is 0.917 bits per heavy atom. The lowest BCUT2D eigenvalue weighted by Gasteiger charge is -2.67. The summed E-state index contributed by atoms with van der Waals surface area (Å²) in [5, 5.41) is 0. The summed E-state index contributed by atoms with van der Waals surface area (Å²) in [5.41, 5.74) is 1.22. The molecule has 5 rings (SSSR count). The average molecular weight is 503 g/mol. The van der Waals surface area contributed by atoms with E-state index in [-0.39, 0.29) is 28.6 Å². The van der Waals surface area contributed by atoms with Crippen LogP contribution in [0, 0.1) is 39.9 Å². The average Bonchev–Trinajstić information content (AvgIpc) is 3.11. The molecule has 0 amide bonds. The first kappa shape index (κ1) is 25.7. The Labute approximate surface area is 214 Å². The first-order chi connectivity index (χ1) is 16.8. The van der Waals surface area contributed by atoms with E-state index in [2.05, 4.69) is 27.7 Å². The van der Waals surface area contributed by atoms with Crippen molar-refractivity contribution in [2.24, 2.45) is 39.9 Å². The quantitative estimate of drug-likeness (QED) is 0.483. The minimum Gasteiger partial charge on any atom is -0.436 e. The van der Waals surface area contributed by atoms with Crippen LogP contribution in [0.5, 0.6) is 0 Å². The molecule has 0 aromatic carbocycles. The summed E-state index contributed by atoms with van der Waals surface area (Å²) in [5.74, 6) is 0.218. The second kappa shape index (κ2) is 8.85. The van der Waals surface area contributed by atoms with Crippen molar-refractivity contribution in [2.45, 2.75) is 112 Å². The largest absolute Gasteiger partial charge is 0.436 e. The summed E-state index contributed by atoms with van der Waals surface area (Å²) < 4.78 is 22.7. The van der Waals surface area contributed by atoms with Gasteiger partial charge in [-0.15, -0.1) is 0 Å². The van der Waals surface area contributed by atoms with Gasteiger partial charge in [-0.05, 0) is 78.9 Å². The molecule has 4 fully saturated rings. The van der Waals surface area contributed by atoms with Crippen molar-refractivity contribution < 1.29 is 33.3 Å². The Balaban J connectivity index is 1.49. The van der Waals surface area contributed by atoms with E-state index in [1.165, 1.54) is 45.6 Å². The molecule has 36 heavy (non-hydrogen) atoms. The van der Waals surface area contributed by atoms with Crippen molar-refractivity contribution in [1.82, 2.24) is 0 Å². The van der Waals surface area contributed by atoms with Crippen molar-refractivity contribution in [3.8, 4) is 0 Å². The van der Waals surface area contributed by atoms with E-state index >= 15 is 0 Å². The van der Waals surface area contributed by atoms with Crippen molar-refractivity contribution in [3.05, 3.63) is 11.6 Å². The smallest absolute Gasteiger partial charge is 0.334 e. The second-order valence-corrected chi connectivity index (χ2v) is 13.2. The van der Waals surface area contributed by atoms with E-state index in [1.54, 1.807) is 0 Å². The topological polar surface area (TPSA) is 88.1 Å². The molecule has 3 aliphatic carbocycles. The highest BCUT2D eigenvalue weighted by Gasteiger charge is 2.64. The van der Waals surface area contributed by atoms with Gasteiger partial charge in [0.25, 0.3) is 6.29 Å². The number of esters is 3. The molecule has 0 bridgehead atoms. The fourth-order valence-electron chi connectivity index (χ4n) is 9.55. The lowest BCUT2D eigenvalue weighted by atomic mass is 9.38. The molecule has 2 aliphatic heterocycles. The number of ether oxygens (including phenoxy) is 4. The summed E-state index contributed by atoms with van der Waals surface area (Å²) >= 11 is 0. The molecular weight excluding hydrogens is 460 g/mol. The van der Waals surface area contributed by atoms with Crippen LogP contribution in [-0.4, -0.2) is 36.6 Å². The Kier molecular flexibility index (Phi) is 6.33. The van der Waals surface area contributed by atoms with Gasteiger partial charge in [0.05, 0.1) is 6.10 Å². The van der Waals surface area contributed by atoms with Gasteiger partial charge in [0.1, 0.15) is 0 Å². The number of hydrogen-bond acceptors (Lipinski definition) is 7. The van der Waals surface area contributed by atoms with Crippen molar-refractivity contribution in [2.75, 3.05) is 0 Å². The molecule has 1 saturated heterocycles. The maximum atomic E-state index is 12.2. The van der Waals surface area contributed by atoms with Gasteiger partial charge in [-0.25, -0.2) is 4.79 Å². The number of cyclic esters (lactones) is 1. The van der Waals surface area contributed by atoms with Gasteiger partial charge in [0.15, 0.2) is 0 Å². The van der Waals surface area contributed by atoms with Gasteiger partial charge in [0.2, 0.25) is 6.29 Å². The van der Waals surface area contributed by atoms with Crippen LogP contribution >= 0.6 is 0 Å². The SMILES string of the molecule is CC(=O)O[C@@H]1OC(=O)C=C1[C@H]1C[C@@H]2[C@H](CCC3[C@@]4(C)CCCC(C)(C)C4CC[C@]32C)[C@@H](OC(C)=O)O1. The van der Waals surface area contributed by atoms with E-state index in [0.29, 0.717) is 29.2 Å². The molecule has 7 nitrogen and oxygen atoms in total. The minimum absolute atomic E-state index is 0.0724. The Morgan fingerprint density at radius 2 is 1.64 bits per heavy atom. The Morgan fingerprint density at radius 3 is 2.33 bits per heavy atom. The summed E-state index contributed by atoms with van der Waals surface area (Å²) in [6, 6.07) is 0. The van der Waals surface area contributed by atoms with E-state index in [1.807, 2.05) is 0 Å². The van der Waals surface area contributed by atoms with E-state index < -0.39 is 30.6 Å². The van der Waals surface area contributed by atoms with Crippen LogP contribution in [-0.2, 0) is 33.3 Å². The van der Waals surface area contributed by atoms with Crippen molar-refractivity contribution in [3.63, 3.8) is 0 Å². The third-order valence-electron chi connectivity index (χ3n) is 10.8. The maximum absolute atomic E-state index is 12.2. The lowest BCUT2D eigenvalue weighted by Crippen LogP contribution is -2.62. The van der Waals surface area contributed by atoms with Crippen LogP contribution in [0.1, 0.15) is 92.9 Å². The Hall–Kier alpha value is -1.89. The highest BCUT2D eigenvalue weighted by atomic mass is 16.7. The molecule has 0 aromatic rings. The van der Waals surface area contributed by atoms with Gasteiger partial charge in [-0.1, -0.05) is 34.1 Å². The predicted octanol–water partition coefficient (Wildman–Crippen LogP) is 5.31. The zero-order valence-corrected chi connectivity index (χ0v) is 22.6. The molecule has 0 N–H and O–H groups in total. The summed E-state index contributed by atoms with van der Waals surface area (Å²) in [6.45, 7) is 12.6. The third kappa shape index (κ3) is 4.10. The van der Waals surface area contributed by atoms with Crippen LogP contribution in [0.15, 0.2) is 11.6 Å². The third-order valence-corrected chi connectivity index (χ3v) is 10.8. The first-order valence-corrected chi connectivity index (χ1v) is 13.8. The van der Waals surface area contributed by atoms with Crippen LogP contribution in [0.3, 0.4) is 0 Å². The molecule has 3 saturated carbocycles. The molecule has 9 atom stereocenters. The Bertz CT molecular complexity index is 969. The highest BCUT2D eigenvalue weighted by Crippen LogP contribution is 2.70. The van der Waals surface area contributed by atoms with E-state index in [4.69, 9.17) is 18.9 Å². The molecule has 0 spiro atoms. The highest BCUT2D eigenvalue weighted by molar-refractivity contribution is 5.86. The second-order valence-electron chi connectivity index (χ2n) is 13.2. The van der Waals surface area contributed by atoms with Gasteiger partial charge < -0.3 is 18.9 Å². The summed E-state index contributed by atoms with van der Waals surface area (Å²) in [4.78, 5) is 35.9. The number of rotatable bonds is 3. The van der Waals surface area contributed by atoms with Gasteiger partial charge >= 0.3 is 17.9 Å².